The molecule has 5 heteroatoms. The lowest BCUT2D eigenvalue weighted by Gasteiger charge is -2.30. The van der Waals surface area contributed by atoms with Crippen LogP contribution in [0.2, 0.25) is 0 Å². The van der Waals surface area contributed by atoms with Crippen LogP contribution in [0.15, 0.2) is 22.8 Å². The topological polar surface area (TPSA) is 33.4 Å². The summed E-state index contributed by atoms with van der Waals surface area (Å²) in [6, 6.07) is 4.43. The Morgan fingerprint density at radius 2 is 2.24 bits per heavy atom. The van der Waals surface area contributed by atoms with Crippen molar-refractivity contribution < 1.29 is 0 Å². The average Bonchev–Trinajstić information content (AvgIpc) is 2.72. The maximum absolute atomic E-state index is 4.36. The molecule has 1 atom stereocenters. The van der Waals surface area contributed by atoms with Gasteiger partial charge in [-0.05, 0) is 38.6 Å². The molecular formula is C12H15BrN4. The SMILES string of the molecule is CN1CCCCC1c1nnc2cc(Br)ccn12. The van der Waals surface area contributed by atoms with Crippen LogP contribution in [0.25, 0.3) is 5.65 Å². The van der Waals surface area contributed by atoms with Gasteiger partial charge in [0.05, 0.1) is 6.04 Å². The van der Waals surface area contributed by atoms with Gasteiger partial charge >= 0.3 is 0 Å². The summed E-state index contributed by atoms with van der Waals surface area (Å²) in [4.78, 5) is 2.38. The van der Waals surface area contributed by atoms with E-state index in [0.717, 1.165) is 22.5 Å². The predicted octanol–water partition coefficient (Wildman–Crippen LogP) is 2.65. The molecule has 90 valence electrons. The summed E-state index contributed by atoms with van der Waals surface area (Å²) < 4.78 is 3.14. The zero-order valence-corrected chi connectivity index (χ0v) is 11.4. The summed E-state index contributed by atoms with van der Waals surface area (Å²) in [5, 5.41) is 8.61. The Morgan fingerprint density at radius 1 is 1.35 bits per heavy atom. The highest BCUT2D eigenvalue weighted by Crippen LogP contribution is 2.28. The first kappa shape index (κ1) is 11.2. The molecule has 0 aromatic carbocycles. The molecule has 0 aliphatic carbocycles. The summed E-state index contributed by atoms with van der Waals surface area (Å²) in [6.07, 6.45) is 5.78. The van der Waals surface area contributed by atoms with Crippen LogP contribution in [0.3, 0.4) is 0 Å². The zero-order valence-electron chi connectivity index (χ0n) is 9.80. The first-order valence-corrected chi connectivity index (χ1v) is 6.75. The highest BCUT2D eigenvalue weighted by Gasteiger charge is 2.24. The summed E-state index contributed by atoms with van der Waals surface area (Å²) in [6.45, 7) is 1.15. The lowest BCUT2D eigenvalue weighted by atomic mass is 10.0. The number of pyridine rings is 1. The molecule has 0 amide bonds. The molecule has 0 radical (unpaired) electrons. The van der Waals surface area contributed by atoms with E-state index in [2.05, 4.69) is 42.5 Å². The minimum atomic E-state index is 0.403. The summed E-state index contributed by atoms with van der Waals surface area (Å²) >= 11 is 3.46. The van der Waals surface area contributed by atoms with Crippen molar-refractivity contribution in [2.75, 3.05) is 13.6 Å². The van der Waals surface area contributed by atoms with E-state index in [1.54, 1.807) is 0 Å². The Labute approximate surface area is 109 Å². The first-order valence-electron chi connectivity index (χ1n) is 5.96. The van der Waals surface area contributed by atoms with E-state index >= 15 is 0 Å². The van der Waals surface area contributed by atoms with Crippen molar-refractivity contribution >= 4 is 21.6 Å². The Balaban J connectivity index is 2.05. The van der Waals surface area contributed by atoms with E-state index in [-0.39, 0.29) is 0 Å². The number of aromatic nitrogens is 3. The molecule has 0 N–H and O–H groups in total. The number of likely N-dealkylation sites (tertiary alicyclic amines) is 1. The van der Waals surface area contributed by atoms with E-state index in [9.17, 15) is 0 Å². The molecule has 2 aromatic rings. The van der Waals surface area contributed by atoms with Crippen LogP contribution in [0.4, 0.5) is 0 Å². The Morgan fingerprint density at radius 3 is 3.06 bits per heavy atom. The third kappa shape index (κ3) is 1.98. The third-order valence-electron chi connectivity index (χ3n) is 3.47. The van der Waals surface area contributed by atoms with Gasteiger partial charge in [0, 0.05) is 10.7 Å². The molecule has 3 rings (SSSR count). The fraction of sp³-hybridized carbons (Fsp3) is 0.500. The van der Waals surface area contributed by atoms with Crippen molar-refractivity contribution in [3.05, 3.63) is 28.6 Å². The highest BCUT2D eigenvalue weighted by atomic mass is 79.9. The maximum Gasteiger partial charge on any atom is 0.161 e. The number of fused-ring (bicyclic) bond motifs is 1. The van der Waals surface area contributed by atoms with Gasteiger partial charge in [0.1, 0.15) is 0 Å². The molecule has 1 aliphatic heterocycles. The van der Waals surface area contributed by atoms with Crippen LogP contribution in [0.5, 0.6) is 0 Å². The van der Waals surface area contributed by atoms with Gasteiger partial charge in [0.15, 0.2) is 11.5 Å². The highest BCUT2D eigenvalue weighted by molar-refractivity contribution is 9.10. The monoisotopic (exact) mass is 294 g/mol. The van der Waals surface area contributed by atoms with Crippen molar-refractivity contribution in [1.82, 2.24) is 19.5 Å². The van der Waals surface area contributed by atoms with Crippen molar-refractivity contribution in [2.45, 2.75) is 25.3 Å². The number of halogens is 1. The van der Waals surface area contributed by atoms with E-state index < -0.39 is 0 Å². The fourth-order valence-corrected chi connectivity index (χ4v) is 2.84. The van der Waals surface area contributed by atoms with Gasteiger partial charge in [-0.3, -0.25) is 9.30 Å². The molecule has 0 bridgehead atoms. The maximum atomic E-state index is 4.36. The molecule has 1 saturated heterocycles. The minimum absolute atomic E-state index is 0.403. The minimum Gasteiger partial charge on any atom is -0.296 e. The first-order chi connectivity index (χ1) is 8.25. The quantitative estimate of drug-likeness (QED) is 0.811. The molecule has 1 fully saturated rings. The number of hydrogen-bond donors (Lipinski definition) is 0. The van der Waals surface area contributed by atoms with Gasteiger partial charge in [0.2, 0.25) is 0 Å². The predicted molar refractivity (Wildman–Crippen MR) is 69.9 cm³/mol. The van der Waals surface area contributed by atoms with E-state index in [4.69, 9.17) is 0 Å². The van der Waals surface area contributed by atoms with Crippen molar-refractivity contribution in [1.29, 1.82) is 0 Å². The van der Waals surface area contributed by atoms with E-state index in [0.29, 0.717) is 6.04 Å². The molecular weight excluding hydrogens is 280 g/mol. The molecule has 1 unspecified atom stereocenters. The molecule has 3 heterocycles. The molecule has 1 aliphatic rings. The zero-order chi connectivity index (χ0) is 11.8. The second kappa shape index (κ2) is 4.38. The number of hydrogen-bond acceptors (Lipinski definition) is 3. The fourth-order valence-electron chi connectivity index (χ4n) is 2.51. The summed E-state index contributed by atoms with van der Waals surface area (Å²) in [7, 11) is 2.17. The average molecular weight is 295 g/mol. The van der Waals surface area contributed by atoms with E-state index in [1.807, 2.05) is 18.3 Å². The summed E-state index contributed by atoms with van der Waals surface area (Å²) in [5.74, 6) is 1.06. The van der Waals surface area contributed by atoms with Crippen LogP contribution in [-0.4, -0.2) is 33.1 Å². The third-order valence-corrected chi connectivity index (χ3v) is 3.96. The van der Waals surface area contributed by atoms with Crippen LogP contribution in [0, 0.1) is 0 Å². The van der Waals surface area contributed by atoms with Gasteiger partial charge in [0.25, 0.3) is 0 Å². The van der Waals surface area contributed by atoms with Crippen molar-refractivity contribution in [3.63, 3.8) is 0 Å². The van der Waals surface area contributed by atoms with Crippen LogP contribution in [-0.2, 0) is 0 Å². The molecule has 17 heavy (non-hydrogen) atoms. The van der Waals surface area contributed by atoms with Crippen LogP contribution < -0.4 is 0 Å². The normalized spacial score (nSPS) is 22.1. The largest absolute Gasteiger partial charge is 0.296 e. The van der Waals surface area contributed by atoms with E-state index in [1.165, 1.54) is 19.3 Å². The second-order valence-corrected chi connectivity index (χ2v) is 5.54. The Bertz CT molecular complexity index is 536. The van der Waals surface area contributed by atoms with Crippen molar-refractivity contribution in [3.8, 4) is 0 Å². The lowest BCUT2D eigenvalue weighted by Crippen LogP contribution is -2.30. The molecule has 0 spiro atoms. The number of piperidine rings is 1. The lowest BCUT2D eigenvalue weighted by molar-refractivity contribution is 0.178. The second-order valence-electron chi connectivity index (χ2n) is 4.62. The van der Waals surface area contributed by atoms with Gasteiger partial charge in [-0.2, -0.15) is 0 Å². The molecule has 4 nitrogen and oxygen atoms in total. The van der Waals surface area contributed by atoms with Gasteiger partial charge < -0.3 is 0 Å². The van der Waals surface area contributed by atoms with Crippen LogP contribution >= 0.6 is 15.9 Å². The Kier molecular flexibility index (Phi) is 2.88. The van der Waals surface area contributed by atoms with Gasteiger partial charge in [-0.15, -0.1) is 10.2 Å². The van der Waals surface area contributed by atoms with Crippen LogP contribution in [0.1, 0.15) is 31.1 Å². The molecule has 0 saturated carbocycles. The van der Waals surface area contributed by atoms with Crippen molar-refractivity contribution in [2.24, 2.45) is 0 Å². The smallest absolute Gasteiger partial charge is 0.161 e. The van der Waals surface area contributed by atoms with Gasteiger partial charge in [-0.1, -0.05) is 22.4 Å². The number of rotatable bonds is 1. The van der Waals surface area contributed by atoms with Gasteiger partial charge in [-0.25, -0.2) is 0 Å². The standard InChI is InChI=1S/C12H15BrN4/c1-16-6-3-2-4-10(16)12-15-14-11-8-9(13)5-7-17(11)12/h5,7-8,10H,2-4,6H2,1H3. The number of nitrogens with zero attached hydrogens (tertiary/aromatic N) is 4. The summed E-state index contributed by atoms with van der Waals surface area (Å²) in [5.41, 5.74) is 0.911. The molecule has 2 aromatic heterocycles. The Hall–Kier alpha value is -0.940.